The zero-order valence-corrected chi connectivity index (χ0v) is 12.8. The fourth-order valence-corrected chi connectivity index (χ4v) is 4.03. The number of allylic oxidation sites excluding steroid dienone is 2. The molecule has 0 heterocycles. The lowest BCUT2D eigenvalue weighted by Gasteiger charge is -2.32. The van der Waals surface area contributed by atoms with E-state index < -0.39 is 0 Å². The van der Waals surface area contributed by atoms with E-state index in [0.29, 0.717) is 11.1 Å². The van der Waals surface area contributed by atoms with Crippen LogP contribution in [0, 0.1) is 30.4 Å². The van der Waals surface area contributed by atoms with E-state index in [9.17, 15) is 8.78 Å². The molecule has 114 valence electrons. The number of benzene rings is 1. The predicted molar refractivity (Wildman–Crippen MR) is 83.0 cm³/mol. The quantitative estimate of drug-likeness (QED) is 0.623. The molecule has 3 rings (SSSR count). The Balaban J connectivity index is 1.74. The molecule has 2 heteroatoms. The monoisotopic (exact) mass is 290 g/mol. The van der Waals surface area contributed by atoms with Crippen molar-refractivity contribution in [3.63, 3.8) is 0 Å². The van der Waals surface area contributed by atoms with E-state index in [1.165, 1.54) is 44.2 Å². The van der Waals surface area contributed by atoms with Gasteiger partial charge in [-0.25, -0.2) is 8.78 Å². The first-order valence-corrected chi connectivity index (χ1v) is 8.30. The van der Waals surface area contributed by atoms with Gasteiger partial charge in [-0.3, -0.25) is 0 Å². The van der Waals surface area contributed by atoms with Crippen molar-refractivity contribution in [3.8, 4) is 0 Å². The molecular formula is C19H24F2. The summed E-state index contributed by atoms with van der Waals surface area (Å²) < 4.78 is 27.7. The summed E-state index contributed by atoms with van der Waals surface area (Å²) in [6.07, 6.45) is 12.1. The van der Waals surface area contributed by atoms with Gasteiger partial charge in [0.05, 0.1) is 0 Å². The maximum atomic E-state index is 14.1. The Morgan fingerprint density at radius 1 is 0.905 bits per heavy atom. The van der Waals surface area contributed by atoms with Crippen LogP contribution in [0.4, 0.5) is 8.78 Å². The summed E-state index contributed by atoms with van der Waals surface area (Å²) in [6.45, 7) is 1.61. The summed E-state index contributed by atoms with van der Waals surface area (Å²) in [5, 5.41) is 0. The molecule has 0 N–H and O–H groups in total. The van der Waals surface area contributed by atoms with E-state index in [4.69, 9.17) is 0 Å². The topological polar surface area (TPSA) is 0 Å². The van der Waals surface area contributed by atoms with Crippen molar-refractivity contribution >= 4 is 5.57 Å². The Morgan fingerprint density at radius 2 is 1.67 bits per heavy atom. The maximum absolute atomic E-state index is 14.1. The van der Waals surface area contributed by atoms with Crippen LogP contribution in [-0.2, 0) is 0 Å². The molecule has 0 aliphatic heterocycles. The van der Waals surface area contributed by atoms with Gasteiger partial charge < -0.3 is 0 Å². The second kappa shape index (κ2) is 6.29. The normalized spacial score (nSPS) is 24.0. The highest BCUT2D eigenvalue weighted by Gasteiger charge is 2.26. The molecule has 2 aliphatic rings. The highest BCUT2D eigenvalue weighted by atomic mass is 19.1. The van der Waals surface area contributed by atoms with Gasteiger partial charge in [0.15, 0.2) is 0 Å². The van der Waals surface area contributed by atoms with Gasteiger partial charge in [-0.1, -0.05) is 38.2 Å². The van der Waals surface area contributed by atoms with Crippen LogP contribution in [0.15, 0.2) is 18.2 Å². The fourth-order valence-electron chi connectivity index (χ4n) is 4.03. The fraction of sp³-hybridized carbons (Fsp3) is 0.579. The van der Waals surface area contributed by atoms with E-state index in [1.54, 1.807) is 6.92 Å². The summed E-state index contributed by atoms with van der Waals surface area (Å²) in [4.78, 5) is 0. The Hall–Kier alpha value is -1.18. The average Bonchev–Trinajstić information content (AvgIpc) is 2.52. The first kappa shape index (κ1) is 14.7. The van der Waals surface area contributed by atoms with Gasteiger partial charge in [-0.2, -0.15) is 0 Å². The number of aryl methyl sites for hydroxylation is 1. The Bertz CT molecular complexity index is 539. The molecule has 1 aromatic carbocycles. The zero-order chi connectivity index (χ0) is 14.8. The van der Waals surface area contributed by atoms with Crippen LogP contribution < -0.4 is 0 Å². The van der Waals surface area contributed by atoms with Crippen LogP contribution >= 0.6 is 0 Å². The molecule has 0 saturated heterocycles. The van der Waals surface area contributed by atoms with Gasteiger partial charge in [-0.05, 0) is 61.3 Å². The second-order valence-electron chi connectivity index (χ2n) is 6.74. The van der Waals surface area contributed by atoms with Crippen molar-refractivity contribution in [2.75, 3.05) is 0 Å². The lowest BCUT2D eigenvalue weighted by molar-refractivity contribution is 0.235. The van der Waals surface area contributed by atoms with Crippen molar-refractivity contribution in [1.82, 2.24) is 0 Å². The van der Waals surface area contributed by atoms with E-state index in [0.717, 1.165) is 36.7 Å². The van der Waals surface area contributed by atoms with Crippen molar-refractivity contribution in [1.29, 1.82) is 0 Å². The molecule has 0 spiro atoms. The van der Waals surface area contributed by atoms with Gasteiger partial charge in [0, 0.05) is 5.56 Å². The smallest absolute Gasteiger partial charge is 0.131 e. The number of hydrogen-bond donors (Lipinski definition) is 0. The summed E-state index contributed by atoms with van der Waals surface area (Å²) in [5.41, 5.74) is 1.85. The molecule has 1 fully saturated rings. The highest BCUT2D eigenvalue weighted by Crippen LogP contribution is 2.40. The number of rotatable bonds is 2. The van der Waals surface area contributed by atoms with E-state index in [-0.39, 0.29) is 11.6 Å². The predicted octanol–water partition coefficient (Wildman–Crippen LogP) is 6.04. The summed E-state index contributed by atoms with van der Waals surface area (Å²) in [5.74, 6) is 1.03. The van der Waals surface area contributed by atoms with Crippen LogP contribution in [-0.4, -0.2) is 0 Å². The van der Waals surface area contributed by atoms with E-state index in [1.807, 2.05) is 0 Å². The molecule has 0 amide bonds. The zero-order valence-electron chi connectivity index (χ0n) is 12.8. The third-order valence-corrected chi connectivity index (χ3v) is 5.36. The molecular weight excluding hydrogens is 266 g/mol. The summed E-state index contributed by atoms with van der Waals surface area (Å²) >= 11 is 0. The number of halogens is 2. The van der Waals surface area contributed by atoms with Crippen LogP contribution in [0.5, 0.6) is 0 Å². The van der Waals surface area contributed by atoms with Crippen LogP contribution in [0.1, 0.15) is 62.5 Å². The lowest BCUT2D eigenvalue weighted by Crippen LogP contribution is -2.19. The molecule has 21 heavy (non-hydrogen) atoms. The standard InChI is InChI=1S/C19H24F2/c1-13-11-19(21)17(12-18(13)20)16-9-7-15(8-10-16)14-5-3-2-4-6-14/h9,11-12,14-15H,2-8,10H2,1H3. The first-order valence-electron chi connectivity index (χ1n) is 8.30. The molecule has 0 radical (unpaired) electrons. The van der Waals surface area contributed by atoms with Crippen molar-refractivity contribution in [3.05, 3.63) is 41.0 Å². The van der Waals surface area contributed by atoms with Gasteiger partial charge in [0.2, 0.25) is 0 Å². The van der Waals surface area contributed by atoms with E-state index in [2.05, 4.69) is 6.08 Å². The molecule has 1 saturated carbocycles. The Morgan fingerprint density at radius 3 is 2.33 bits per heavy atom. The first-order chi connectivity index (χ1) is 10.1. The van der Waals surface area contributed by atoms with Crippen molar-refractivity contribution < 1.29 is 8.78 Å². The Kier molecular flexibility index (Phi) is 4.42. The molecule has 1 unspecified atom stereocenters. The van der Waals surface area contributed by atoms with Crippen LogP contribution in [0.2, 0.25) is 0 Å². The number of hydrogen-bond acceptors (Lipinski definition) is 0. The van der Waals surface area contributed by atoms with Crippen LogP contribution in [0.3, 0.4) is 0 Å². The van der Waals surface area contributed by atoms with Gasteiger partial charge in [0.25, 0.3) is 0 Å². The van der Waals surface area contributed by atoms with Gasteiger partial charge in [-0.15, -0.1) is 0 Å². The third kappa shape index (κ3) is 3.20. The van der Waals surface area contributed by atoms with Gasteiger partial charge in [0.1, 0.15) is 11.6 Å². The summed E-state index contributed by atoms with van der Waals surface area (Å²) in [7, 11) is 0. The largest absolute Gasteiger partial charge is 0.207 e. The van der Waals surface area contributed by atoms with E-state index >= 15 is 0 Å². The van der Waals surface area contributed by atoms with Gasteiger partial charge >= 0.3 is 0 Å². The molecule has 0 bridgehead atoms. The third-order valence-electron chi connectivity index (χ3n) is 5.36. The maximum Gasteiger partial charge on any atom is 0.131 e. The molecule has 0 aromatic heterocycles. The molecule has 1 aromatic rings. The second-order valence-corrected chi connectivity index (χ2v) is 6.74. The summed E-state index contributed by atoms with van der Waals surface area (Å²) in [6, 6.07) is 2.69. The minimum atomic E-state index is -0.304. The minimum absolute atomic E-state index is 0.281. The lowest BCUT2D eigenvalue weighted by atomic mass is 9.73. The molecule has 1 atom stereocenters. The van der Waals surface area contributed by atoms with Crippen molar-refractivity contribution in [2.45, 2.75) is 58.3 Å². The molecule has 2 aliphatic carbocycles. The molecule has 0 nitrogen and oxygen atoms in total. The van der Waals surface area contributed by atoms with Crippen LogP contribution in [0.25, 0.3) is 5.57 Å². The average molecular weight is 290 g/mol. The minimum Gasteiger partial charge on any atom is -0.207 e. The highest BCUT2D eigenvalue weighted by molar-refractivity contribution is 5.67. The van der Waals surface area contributed by atoms with Crippen molar-refractivity contribution in [2.24, 2.45) is 11.8 Å². The SMILES string of the molecule is Cc1cc(F)c(C2=CCC(C3CCCCC3)CC2)cc1F. The Labute approximate surface area is 126 Å².